The Labute approximate surface area is 193 Å². The van der Waals surface area contributed by atoms with E-state index in [2.05, 4.69) is 33.4 Å². The number of hydrogen-bond donors (Lipinski definition) is 2. The molecule has 0 bridgehead atoms. The van der Waals surface area contributed by atoms with E-state index in [0.29, 0.717) is 6.54 Å². The lowest BCUT2D eigenvalue weighted by atomic mass is 10.1. The maximum atomic E-state index is 12.4. The van der Waals surface area contributed by atoms with Gasteiger partial charge in [-0.2, -0.15) is 0 Å². The van der Waals surface area contributed by atoms with Crippen LogP contribution in [0.3, 0.4) is 0 Å². The van der Waals surface area contributed by atoms with Crippen molar-refractivity contribution in [3.05, 3.63) is 24.2 Å². The molecule has 0 aliphatic carbocycles. The number of piperidine rings is 1. The van der Waals surface area contributed by atoms with E-state index >= 15 is 0 Å². The molecule has 1 aromatic heterocycles. The molecular formula is C24H42N6O2. The maximum Gasteiger partial charge on any atom is 0.239 e. The largest absolute Gasteiger partial charge is 0.468 e. The van der Waals surface area contributed by atoms with Crippen molar-refractivity contribution in [1.82, 2.24) is 25.3 Å². The van der Waals surface area contributed by atoms with Crippen LogP contribution in [0.5, 0.6) is 0 Å². The Kier molecular flexibility index (Phi) is 9.87. The zero-order chi connectivity index (χ0) is 22.8. The van der Waals surface area contributed by atoms with E-state index in [1.54, 1.807) is 11.2 Å². The highest BCUT2D eigenvalue weighted by molar-refractivity contribution is 5.81. The van der Waals surface area contributed by atoms with Crippen LogP contribution in [0, 0.1) is 0 Å². The van der Waals surface area contributed by atoms with E-state index in [9.17, 15) is 4.79 Å². The average molecular weight is 447 g/mol. The summed E-state index contributed by atoms with van der Waals surface area (Å²) in [6, 6.07) is 4.26. The number of nitrogens with zero attached hydrogens (tertiary/aromatic N) is 4. The van der Waals surface area contributed by atoms with Crippen molar-refractivity contribution in [2.24, 2.45) is 4.99 Å². The molecule has 1 amide bonds. The molecule has 2 atom stereocenters. The Morgan fingerprint density at radius 1 is 1.22 bits per heavy atom. The molecule has 8 nitrogen and oxygen atoms in total. The third-order valence-electron chi connectivity index (χ3n) is 6.47. The zero-order valence-electron chi connectivity index (χ0n) is 20.2. The van der Waals surface area contributed by atoms with Crippen molar-refractivity contribution >= 4 is 11.9 Å². The Hall–Kier alpha value is -2.06. The van der Waals surface area contributed by atoms with Gasteiger partial charge in [-0.1, -0.05) is 6.42 Å². The molecule has 3 heterocycles. The lowest BCUT2D eigenvalue weighted by Gasteiger charge is -2.32. The molecule has 2 N–H and O–H groups in total. The Morgan fingerprint density at radius 3 is 2.72 bits per heavy atom. The van der Waals surface area contributed by atoms with E-state index in [-0.39, 0.29) is 18.0 Å². The number of likely N-dealkylation sites (tertiary alicyclic amines) is 2. The number of carbonyl (C=O) groups excluding carboxylic acids is 1. The predicted octanol–water partition coefficient (Wildman–Crippen LogP) is 2.30. The Bertz CT molecular complexity index is 699. The third-order valence-corrected chi connectivity index (χ3v) is 6.47. The summed E-state index contributed by atoms with van der Waals surface area (Å²) >= 11 is 0. The minimum atomic E-state index is 0.0468. The molecule has 32 heavy (non-hydrogen) atoms. The van der Waals surface area contributed by atoms with Gasteiger partial charge in [0.05, 0.1) is 24.9 Å². The SMILES string of the molecule is CCNC(=NCC(c1ccco1)N1CCCCC1)NCCCN1CCCC1C(=O)N(C)C. The smallest absolute Gasteiger partial charge is 0.239 e. The standard InChI is InChI=1S/C24H42N6O2/c1-4-25-24(26-13-10-17-29-16-8-11-20(29)23(31)28(2)3)27-19-21(22-12-9-18-32-22)30-14-6-5-7-15-30/h9,12,18,20-21H,4-8,10-11,13-17,19H2,1-3H3,(H2,25,26,27). The lowest BCUT2D eigenvalue weighted by Crippen LogP contribution is -2.44. The van der Waals surface area contributed by atoms with Crippen molar-refractivity contribution < 1.29 is 9.21 Å². The molecule has 2 saturated heterocycles. The van der Waals surface area contributed by atoms with Crippen LogP contribution in [-0.4, -0.2) is 92.5 Å². The number of furan rings is 1. The van der Waals surface area contributed by atoms with E-state index in [4.69, 9.17) is 9.41 Å². The maximum absolute atomic E-state index is 12.4. The second-order valence-corrected chi connectivity index (χ2v) is 9.05. The van der Waals surface area contributed by atoms with Crippen LogP contribution in [0.2, 0.25) is 0 Å². The highest BCUT2D eigenvalue weighted by Gasteiger charge is 2.31. The molecule has 2 aliphatic heterocycles. The first-order valence-electron chi connectivity index (χ1n) is 12.3. The average Bonchev–Trinajstić information content (AvgIpc) is 3.49. The van der Waals surface area contributed by atoms with E-state index in [1.807, 2.05) is 20.2 Å². The van der Waals surface area contributed by atoms with E-state index < -0.39 is 0 Å². The summed E-state index contributed by atoms with van der Waals surface area (Å²) in [4.78, 5) is 23.8. The zero-order valence-corrected chi connectivity index (χ0v) is 20.2. The molecule has 3 rings (SSSR count). The summed E-state index contributed by atoms with van der Waals surface area (Å²) in [6.45, 7) is 8.58. The number of amides is 1. The molecule has 0 spiro atoms. The van der Waals surface area contributed by atoms with Gasteiger partial charge in [-0.3, -0.25) is 19.6 Å². The van der Waals surface area contributed by atoms with Crippen LogP contribution in [0.4, 0.5) is 0 Å². The van der Waals surface area contributed by atoms with Gasteiger partial charge in [0.2, 0.25) is 5.91 Å². The molecule has 180 valence electrons. The number of hydrogen-bond acceptors (Lipinski definition) is 5. The topological polar surface area (TPSA) is 76.4 Å². The number of likely N-dealkylation sites (N-methyl/N-ethyl adjacent to an activating group) is 1. The first kappa shape index (κ1) is 24.6. The molecular weight excluding hydrogens is 404 g/mol. The van der Waals surface area contributed by atoms with Gasteiger partial charge in [0, 0.05) is 33.7 Å². The minimum Gasteiger partial charge on any atom is -0.468 e. The van der Waals surface area contributed by atoms with Crippen molar-refractivity contribution in [1.29, 1.82) is 0 Å². The van der Waals surface area contributed by atoms with Crippen LogP contribution in [0.1, 0.15) is 57.3 Å². The van der Waals surface area contributed by atoms with Crippen LogP contribution < -0.4 is 10.6 Å². The summed E-state index contributed by atoms with van der Waals surface area (Å²) in [6.07, 6.45) is 8.61. The predicted molar refractivity (Wildman–Crippen MR) is 129 cm³/mol. The third kappa shape index (κ3) is 6.97. The van der Waals surface area contributed by atoms with Gasteiger partial charge in [-0.05, 0) is 70.8 Å². The number of carbonyl (C=O) groups is 1. The van der Waals surface area contributed by atoms with Gasteiger partial charge in [-0.25, -0.2) is 0 Å². The van der Waals surface area contributed by atoms with Crippen molar-refractivity contribution in [3.8, 4) is 0 Å². The van der Waals surface area contributed by atoms with Gasteiger partial charge in [0.1, 0.15) is 5.76 Å². The van der Waals surface area contributed by atoms with Gasteiger partial charge in [0.15, 0.2) is 5.96 Å². The van der Waals surface area contributed by atoms with Crippen LogP contribution in [0.15, 0.2) is 27.8 Å². The lowest BCUT2D eigenvalue weighted by molar-refractivity contribution is -0.133. The molecule has 0 radical (unpaired) electrons. The highest BCUT2D eigenvalue weighted by atomic mass is 16.3. The fraction of sp³-hybridized carbons (Fsp3) is 0.750. The van der Waals surface area contributed by atoms with Crippen LogP contribution >= 0.6 is 0 Å². The van der Waals surface area contributed by atoms with Gasteiger partial charge < -0.3 is 20.0 Å². The quantitative estimate of drug-likeness (QED) is 0.326. The monoisotopic (exact) mass is 446 g/mol. The second kappa shape index (κ2) is 12.8. The highest BCUT2D eigenvalue weighted by Crippen LogP contribution is 2.25. The van der Waals surface area contributed by atoms with E-state index in [0.717, 1.165) is 70.3 Å². The molecule has 0 saturated carbocycles. The molecule has 1 aromatic rings. The fourth-order valence-electron chi connectivity index (χ4n) is 4.78. The minimum absolute atomic E-state index is 0.0468. The number of nitrogens with one attached hydrogen (secondary N) is 2. The summed E-state index contributed by atoms with van der Waals surface area (Å²) in [5.41, 5.74) is 0. The number of aliphatic imine (C=N–C) groups is 1. The van der Waals surface area contributed by atoms with Gasteiger partial charge in [-0.15, -0.1) is 0 Å². The number of rotatable bonds is 10. The fourth-order valence-corrected chi connectivity index (χ4v) is 4.78. The van der Waals surface area contributed by atoms with Crippen molar-refractivity contribution in [2.45, 2.75) is 57.5 Å². The van der Waals surface area contributed by atoms with Crippen molar-refractivity contribution in [2.75, 3.05) is 59.9 Å². The summed E-state index contributed by atoms with van der Waals surface area (Å²) in [7, 11) is 3.69. The Balaban J connectivity index is 1.51. The van der Waals surface area contributed by atoms with Crippen molar-refractivity contribution in [3.63, 3.8) is 0 Å². The van der Waals surface area contributed by atoms with Gasteiger partial charge in [0.25, 0.3) is 0 Å². The van der Waals surface area contributed by atoms with Gasteiger partial charge >= 0.3 is 0 Å². The first-order valence-corrected chi connectivity index (χ1v) is 12.3. The molecule has 2 fully saturated rings. The second-order valence-electron chi connectivity index (χ2n) is 9.05. The summed E-state index contributed by atoms with van der Waals surface area (Å²) in [5.74, 6) is 2.08. The van der Waals surface area contributed by atoms with E-state index in [1.165, 1.54) is 19.3 Å². The molecule has 2 aliphatic rings. The molecule has 0 aromatic carbocycles. The van der Waals surface area contributed by atoms with Crippen LogP contribution in [0.25, 0.3) is 0 Å². The Morgan fingerprint density at radius 2 is 2.03 bits per heavy atom. The summed E-state index contributed by atoms with van der Waals surface area (Å²) in [5, 5.41) is 6.85. The normalized spacial score (nSPS) is 21.5. The first-order chi connectivity index (χ1) is 15.6. The number of guanidine groups is 1. The molecule has 2 unspecified atom stereocenters. The summed E-state index contributed by atoms with van der Waals surface area (Å²) < 4.78 is 5.75. The van der Waals surface area contributed by atoms with Crippen LogP contribution in [-0.2, 0) is 4.79 Å². The molecule has 8 heteroatoms.